The number of pyridine rings is 1. The zero-order chi connectivity index (χ0) is 15.9. The Labute approximate surface area is 126 Å². The van der Waals surface area contributed by atoms with Crippen molar-refractivity contribution < 1.29 is 4.39 Å². The van der Waals surface area contributed by atoms with Crippen molar-refractivity contribution >= 4 is 11.4 Å². The third kappa shape index (κ3) is 5.50. The van der Waals surface area contributed by atoms with E-state index in [1.165, 1.54) is 13.8 Å². The van der Waals surface area contributed by atoms with Crippen LogP contribution in [0.2, 0.25) is 0 Å². The first-order valence-corrected chi connectivity index (χ1v) is 7.17. The van der Waals surface area contributed by atoms with Gasteiger partial charge in [0.15, 0.2) is 0 Å². The Kier molecular flexibility index (Phi) is 6.28. The van der Waals surface area contributed by atoms with Gasteiger partial charge in [-0.2, -0.15) is 0 Å². The summed E-state index contributed by atoms with van der Waals surface area (Å²) in [6, 6.07) is 3.53. The van der Waals surface area contributed by atoms with E-state index in [4.69, 9.17) is 0 Å². The number of allylic oxidation sites excluding steroid dienone is 3. The highest BCUT2D eigenvalue weighted by molar-refractivity contribution is 6.01. The largest absolute Gasteiger partial charge is 0.353 e. The molecule has 1 aromatic rings. The maximum absolute atomic E-state index is 13.8. The molecule has 0 fully saturated rings. The van der Waals surface area contributed by atoms with Crippen molar-refractivity contribution in [1.29, 1.82) is 0 Å². The van der Waals surface area contributed by atoms with Crippen molar-refractivity contribution in [3.63, 3.8) is 0 Å². The molecule has 4 heteroatoms. The van der Waals surface area contributed by atoms with Gasteiger partial charge in [-0.25, -0.2) is 4.39 Å². The zero-order valence-electron chi connectivity index (χ0n) is 13.4. The molecule has 0 saturated heterocycles. The van der Waals surface area contributed by atoms with Crippen LogP contribution >= 0.6 is 0 Å². The minimum absolute atomic E-state index is 0.424. The molecule has 21 heavy (non-hydrogen) atoms. The third-order valence-electron chi connectivity index (χ3n) is 2.87. The summed E-state index contributed by atoms with van der Waals surface area (Å²) in [6.45, 7) is 8.94. The maximum Gasteiger partial charge on any atom is 0.147 e. The standard InChI is InChI=1S/C17H24FN3/c1-6-8-15(13(3)19-11-7-2)21-14-9-10-16(20-12-14)17(4,5)18/h7-12,21H,6H2,1-5H3/b11-7-,15-8-,19-13+. The van der Waals surface area contributed by atoms with Crippen molar-refractivity contribution in [2.45, 2.75) is 46.7 Å². The lowest BCUT2D eigenvalue weighted by atomic mass is 10.1. The van der Waals surface area contributed by atoms with Crippen LogP contribution in [0.15, 0.2) is 47.4 Å². The molecule has 0 spiro atoms. The highest BCUT2D eigenvalue weighted by Crippen LogP contribution is 2.23. The van der Waals surface area contributed by atoms with E-state index in [1.54, 1.807) is 18.5 Å². The fourth-order valence-corrected chi connectivity index (χ4v) is 1.72. The topological polar surface area (TPSA) is 37.3 Å². The van der Waals surface area contributed by atoms with Crippen LogP contribution in [0.25, 0.3) is 0 Å². The lowest BCUT2D eigenvalue weighted by molar-refractivity contribution is 0.214. The van der Waals surface area contributed by atoms with Crippen LogP contribution in [0.3, 0.4) is 0 Å². The first-order chi connectivity index (χ1) is 9.88. The SMILES string of the molecule is C\C=C/N=C(C)/C(=C/CC)Nc1ccc(C(C)(C)F)nc1. The Balaban J connectivity index is 2.93. The molecule has 0 saturated carbocycles. The molecule has 3 nitrogen and oxygen atoms in total. The molecule has 1 aromatic heterocycles. The minimum Gasteiger partial charge on any atom is -0.353 e. The fraction of sp³-hybridized carbons (Fsp3) is 0.412. The number of anilines is 1. The van der Waals surface area contributed by atoms with E-state index in [2.05, 4.69) is 28.3 Å². The number of nitrogens with one attached hydrogen (secondary N) is 1. The van der Waals surface area contributed by atoms with Crippen LogP contribution in [0, 0.1) is 0 Å². The Morgan fingerprint density at radius 2 is 2.14 bits per heavy atom. The van der Waals surface area contributed by atoms with Gasteiger partial charge in [-0.15, -0.1) is 0 Å². The van der Waals surface area contributed by atoms with Crippen LogP contribution in [-0.4, -0.2) is 10.7 Å². The first-order valence-electron chi connectivity index (χ1n) is 7.17. The molecule has 0 aliphatic carbocycles. The predicted octanol–water partition coefficient (Wildman–Crippen LogP) is 4.99. The van der Waals surface area contributed by atoms with E-state index < -0.39 is 5.67 Å². The number of nitrogens with zero attached hydrogens (tertiary/aromatic N) is 2. The molecule has 0 unspecified atom stereocenters. The van der Waals surface area contributed by atoms with Gasteiger partial charge in [0.2, 0.25) is 0 Å². The lowest BCUT2D eigenvalue weighted by Crippen LogP contribution is -2.12. The number of aromatic nitrogens is 1. The molecule has 1 heterocycles. The van der Waals surface area contributed by atoms with Gasteiger partial charge < -0.3 is 5.32 Å². The molecule has 1 N–H and O–H groups in total. The molecule has 1 rings (SSSR count). The van der Waals surface area contributed by atoms with E-state index in [-0.39, 0.29) is 0 Å². The second kappa shape index (κ2) is 7.72. The van der Waals surface area contributed by atoms with Gasteiger partial charge in [0.1, 0.15) is 5.67 Å². The van der Waals surface area contributed by atoms with Crippen molar-refractivity contribution in [1.82, 2.24) is 4.98 Å². The minimum atomic E-state index is -1.43. The summed E-state index contributed by atoms with van der Waals surface area (Å²) in [5, 5.41) is 3.28. The molecule has 0 amide bonds. The fourth-order valence-electron chi connectivity index (χ4n) is 1.72. The normalized spacial score (nSPS) is 13.8. The second-order valence-electron chi connectivity index (χ2n) is 5.25. The van der Waals surface area contributed by atoms with Crippen molar-refractivity contribution in [2.75, 3.05) is 5.32 Å². The summed E-state index contributed by atoms with van der Waals surface area (Å²) in [5.74, 6) is 0. The molecule has 0 aliphatic rings. The number of hydrogen-bond acceptors (Lipinski definition) is 3. The van der Waals surface area contributed by atoms with Crippen LogP contribution < -0.4 is 5.32 Å². The third-order valence-corrected chi connectivity index (χ3v) is 2.87. The van der Waals surface area contributed by atoms with Crippen molar-refractivity contribution in [3.05, 3.63) is 48.1 Å². The Hall–Kier alpha value is -1.97. The smallest absolute Gasteiger partial charge is 0.147 e. The molecule has 114 valence electrons. The number of rotatable bonds is 6. The van der Waals surface area contributed by atoms with Gasteiger partial charge in [0.05, 0.1) is 29.0 Å². The summed E-state index contributed by atoms with van der Waals surface area (Å²) in [7, 11) is 0. The number of alkyl halides is 1. The summed E-state index contributed by atoms with van der Waals surface area (Å²) < 4.78 is 13.8. The van der Waals surface area contributed by atoms with Gasteiger partial charge in [0.25, 0.3) is 0 Å². The van der Waals surface area contributed by atoms with Gasteiger partial charge in [-0.1, -0.05) is 19.1 Å². The van der Waals surface area contributed by atoms with Crippen molar-refractivity contribution in [3.8, 4) is 0 Å². The number of aliphatic imine (C=N–C) groups is 1. The van der Waals surface area contributed by atoms with E-state index in [9.17, 15) is 4.39 Å². The van der Waals surface area contributed by atoms with E-state index in [1.807, 2.05) is 26.0 Å². The molecular weight excluding hydrogens is 265 g/mol. The van der Waals surface area contributed by atoms with Gasteiger partial charge in [-0.3, -0.25) is 9.98 Å². The summed E-state index contributed by atoms with van der Waals surface area (Å²) in [6.07, 6.45) is 8.24. The van der Waals surface area contributed by atoms with E-state index in [0.29, 0.717) is 5.69 Å². The van der Waals surface area contributed by atoms with Crippen LogP contribution in [-0.2, 0) is 5.67 Å². The highest BCUT2D eigenvalue weighted by atomic mass is 19.1. The monoisotopic (exact) mass is 289 g/mol. The van der Waals surface area contributed by atoms with Crippen molar-refractivity contribution in [2.24, 2.45) is 4.99 Å². The van der Waals surface area contributed by atoms with E-state index in [0.717, 1.165) is 23.5 Å². The molecule has 0 aromatic carbocycles. The summed E-state index contributed by atoms with van der Waals surface area (Å²) >= 11 is 0. The Morgan fingerprint density at radius 3 is 2.62 bits per heavy atom. The quantitative estimate of drug-likeness (QED) is 0.749. The van der Waals surface area contributed by atoms with Crippen LogP contribution in [0.1, 0.15) is 46.7 Å². The molecule has 0 bridgehead atoms. The summed E-state index contributed by atoms with van der Waals surface area (Å²) in [5.41, 5.74) is 1.64. The molecular formula is C17H24FN3. The second-order valence-corrected chi connectivity index (χ2v) is 5.25. The number of hydrogen-bond donors (Lipinski definition) is 1. The van der Waals surface area contributed by atoms with Gasteiger partial charge >= 0.3 is 0 Å². The Bertz CT molecular complexity index is 534. The van der Waals surface area contributed by atoms with Crippen LogP contribution in [0.4, 0.5) is 10.1 Å². The van der Waals surface area contributed by atoms with Crippen LogP contribution in [0.5, 0.6) is 0 Å². The van der Waals surface area contributed by atoms with Gasteiger partial charge in [0, 0.05) is 6.20 Å². The first kappa shape index (κ1) is 17.1. The predicted molar refractivity (Wildman–Crippen MR) is 88.3 cm³/mol. The lowest BCUT2D eigenvalue weighted by Gasteiger charge is -2.15. The average molecular weight is 289 g/mol. The number of halogens is 1. The maximum atomic E-state index is 13.8. The zero-order valence-corrected chi connectivity index (χ0v) is 13.4. The Morgan fingerprint density at radius 1 is 1.43 bits per heavy atom. The van der Waals surface area contributed by atoms with E-state index >= 15 is 0 Å². The molecule has 0 radical (unpaired) electrons. The molecule has 0 atom stereocenters. The highest BCUT2D eigenvalue weighted by Gasteiger charge is 2.19. The van der Waals surface area contributed by atoms with Gasteiger partial charge in [-0.05, 0) is 46.2 Å². The average Bonchev–Trinajstić information content (AvgIpc) is 2.44. The molecule has 0 aliphatic heterocycles. The summed E-state index contributed by atoms with van der Waals surface area (Å²) in [4.78, 5) is 8.51.